The SMILES string of the molecule is CCC(CC)(CC)COCC(CC)(CC)COCC(CC)(CC)COCC(CC)(CC)COCC(CC)(CC)COCC(CC)(CC)CC. The van der Waals surface area contributed by atoms with Gasteiger partial charge < -0.3 is 23.7 Å². The Balaban J connectivity index is 5.30. The molecule has 0 unspecified atom stereocenters. The molecule has 0 aromatic carbocycles. The van der Waals surface area contributed by atoms with Crippen molar-refractivity contribution in [2.45, 2.75) is 187 Å². The normalized spacial score (nSPS) is 13.8. The van der Waals surface area contributed by atoms with E-state index in [0.717, 1.165) is 117 Å². The number of hydrogen-bond donors (Lipinski definition) is 0. The minimum Gasteiger partial charge on any atom is -0.380 e. The summed E-state index contributed by atoms with van der Waals surface area (Å²) in [6.07, 6.45) is 15.5. The third-order valence-corrected chi connectivity index (χ3v) is 14.6. The zero-order valence-corrected chi connectivity index (χ0v) is 36.0. The molecule has 0 fully saturated rings. The van der Waals surface area contributed by atoms with Gasteiger partial charge in [0.15, 0.2) is 0 Å². The van der Waals surface area contributed by atoms with Gasteiger partial charge in [-0.15, -0.1) is 0 Å². The Morgan fingerprint density at radius 2 is 0.286 bits per heavy atom. The topological polar surface area (TPSA) is 46.2 Å². The van der Waals surface area contributed by atoms with Gasteiger partial charge in [0.2, 0.25) is 0 Å². The number of hydrogen-bond acceptors (Lipinski definition) is 5. The fourth-order valence-electron chi connectivity index (χ4n) is 7.33. The van der Waals surface area contributed by atoms with E-state index >= 15 is 0 Å². The fourth-order valence-corrected chi connectivity index (χ4v) is 7.33. The highest BCUT2D eigenvalue weighted by atomic mass is 16.5. The van der Waals surface area contributed by atoms with Crippen LogP contribution in [-0.4, -0.2) is 66.1 Å². The minimum atomic E-state index is 0.0194. The summed E-state index contributed by atoms with van der Waals surface area (Å²) in [5, 5.41) is 0. The van der Waals surface area contributed by atoms with Gasteiger partial charge in [-0.05, 0) is 101 Å². The molecule has 0 bridgehead atoms. The Bertz CT molecular complexity index is 690. The highest BCUT2D eigenvalue weighted by molar-refractivity contribution is 4.84. The molecule has 0 N–H and O–H groups in total. The number of rotatable bonds is 34. The predicted molar refractivity (Wildman–Crippen MR) is 213 cm³/mol. The van der Waals surface area contributed by atoms with Crippen LogP contribution < -0.4 is 0 Å². The first-order valence-electron chi connectivity index (χ1n) is 21.3. The molecule has 0 aromatic heterocycles. The predicted octanol–water partition coefficient (Wildman–Crippen LogP) is 12.7. The highest BCUT2D eigenvalue weighted by Crippen LogP contribution is 2.37. The van der Waals surface area contributed by atoms with Crippen LogP contribution in [0.4, 0.5) is 0 Å². The van der Waals surface area contributed by atoms with Crippen molar-refractivity contribution >= 4 is 0 Å². The summed E-state index contributed by atoms with van der Waals surface area (Å²) in [7, 11) is 0. The molecule has 5 nitrogen and oxygen atoms in total. The molecule has 5 heteroatoms. The van der Waals surface area contributed by atoms with E-state index in [1.165, 1.54) is 38.5 Å². The average Bonchev–Trinajstić information content (AvgIpc) is 3.16. The van der Waals surface area contributed by atoms with Crippen LogP contribution in [0, 0.1) is 32.5 Å². The Labute approximate surface area is 308 Å². The molecule has 0 rings (SSSR count). The van der Waals surface area contributed by atoms with Gasteiger partial charge in [0.25, 0.3) is 0 Å². The van der Waals surface area contributed by atoms with Crippen LogP contribution in [0.5, 0.6) is 0 Å². The van der Waals surface area contributed by atoms with E-state index in [2.05, 4.69) is 96.9 Å². The molecule has 0 aromatic rings. The zero-order valence-electron chi connectivity index (χ0n) is 36.0. The van der Waals surface area contributed by atoms with Crippen molar-refractivity contribution in [2.75, 3.05) is 66.1 Å². The van der Waals surface area contributed by atoms with Crippen molar-refractivity contribution in [3.8, 4) is 0 Å². The molecule has 0 radical (unpaired) electrons. The lowest BCUT2D eigenvalue weighted by Crippen LogP contribution is -2.39. The lowest BCUT2D eigenvalue weighted by Gasteiger charge is -2.39. The first kappa shape index (κ1) is 48.8. The van der Waals surface area contributed by atoms with Gasteiger partial charge in [-0.3, -0.25) is 0 Å². The maximum absolute atomic E-state index is 6.67. The third kappa shape index (κ3) is 15.0. The Kier molecular flexibility index (Phi) is 24.8. The molecule has 0 heterocycles. The van der Waals surface area contributed by atoms with Crippen LogP contribution in [-0.2, 0) is 23.7 Å². The number of ether oxygens (including phenoxy) is 5. The summed E-state index contributed by atoms with van der Waals surface area (Å²) in [5.41, 5.74) is 0.771. The molecular weight excluding hydrogens is 608 g/mol. The van der Waals surface area contributed by atoms with Gasteiger partial charge >= 0.3 is 0 Å². The zero-order chi connectivity index (χ0) is 37.5. The van der Waals surface area contributed by atoms with E-state index in [-0.39, 0.29) is 21.7 Å². The fraction of sp³-hybridized carbons (Fsp3) is 1.00. The van der Waals surface area contributed by atoms with Gasteiger partial charge in [0, 0.05) is 21.7 Å². The molecule has 0 aliphatic heterocycles. The molecule has 0 saturated carbocycles. The average molecular weight is 699 g/mol. The van der Waals surface area contributed by atoms with Crippen LogP contribution in [0.2, 0.25) is 0 Å². The van der Waals surface area contributed by atoms with Crippen molar-refractivity contribution in [1.29, 1.82) is 0 Å². The monoisotopic (exact) mass is 699 g/mol. The van der Waals surface area contributed by atoms with Gasteiger partial charge in [0.05, 0.1) is 66.1 Å². The van der Waals surface area contributed by atoms with E-state index < -0.39 is 0 Å². The highest BCUT2D eigenvalue weighted by Gasteiger charge is 2.36. The summed E-state index contributed by atoms with van der Waals surface area (Å²) in [4.78, 5) is 0. The van der Waals surface area contributed by atoms with Gasteiger partial charge in [0.1, 0.15) is 0 Å². The van der Waals surface area contributed by atoms with E-state index in [0.29, 0.717) is 10.8 Å². The molecule has 0 saturated heterocycles. The first-order valence-corrected chi connectivity index (χ1v) is 21.3. The maximum Gasteiger partial charge on any atom is 0.0544 e. The molecule has 0 aliphatic rings. The minimum absolute atomic E-state index is 0.0194. The molecule has 0 atom stereocenters. The van der Waals surface area contributed by atoms with Gasteiger partial charge in [-0.1, -0.05) is 96.9 Å². The van der Waals surface area contributed by atoms with Crippen LogP contribution in [0.15, 0.2) is 0 Å². The molecule has 0 aliphatic carbocycles. The van der Waals surface area contributed by atoms with E-state index in [1.807, 2.05) is 0 Å². The Morgan fingerprint density at radius 3 is 0.388 bits per heavy atom. The molecule has 296 valence electrons. The second-order valence-electron chi connectivity index (χ2n) is 16.4. The largest absolute Gasteiger partial charge is 0.380 e. The molecule has 0 amide bonds. The van der Waals surface area contributed by atoms with E-state index in [4.69, 9.17) is 23.7 Å². The quantitative estimate of drug-likeness (QED) is 0.0669. The van der Waals surface area contributed by atoms with Crippen LogP contribution in [0.1, 0.15) is 187 Å². The lowest BCUT2D eigenvalue weighted by molar-refractivity contribution is -0.103. The van der Waals surface area contributed by atoms with Crippen LogP contribution in [0.3, 0.4) is 0 Å². The third-order valence-electron chi connectivity index (χ3n) is 14.6. The Morgan fingerprint density at radius 1 is 0.184 bits per heavy atom. The maximum atomic E-state index is 6.67. The molecule has 49 heavy (non-hydrogen) atoms. The van der Waals surface area contributed by atoms with Gasteiger partial charge in [-0.2, -0.15) is 0 Å². The standard InChI is InChI=1S/C44H90O5/c1-15-39(16-2,17-3)29-45-31-41(21-7,22-8)33-47-35-43(25-11,26-12)37-49-38-44(27-13,28-14)36-48-34-42(23-9,24-10)32-46-30-40(18-4,19-5)20-6/h15-38H2,1-14H3. The van der Waals surface area contributed by atoms with Crippen molar-refractivity contribution in [3.05, 3.63) is 0 Å². The molecule has 0 spiro atoms. The summed E-state index contributed by atoms with van der Waals surface area (Å²) in [5.74, 6) is 0. The van der Waals surface area contributed by atoms with Gasteiger partial charge in [-0.25, -0.2) is 0 Å². The molecular formula is C44H90O5. The Hall–Kier alpha value is -0.200. The van der Waals surface area contributed by atoms with E-state index in [9.17, 15) is 0 Å². The lowest BCUT2D eigenvalue weighted by atomic mass is 9.80. The summed E-state index contributed by atoms with van der Waals surface area (Å²) < 4.78 is 32.9. The van der Waals surface area contributed by atoms with Crippen LogP contribution in [0.25, 0.3) is 0 Å². The first-order chi connectivity index (χ1) is 23.4. The van der Waals surface area contributed by atoms with Crippen molar-refractivity contribution in [2.24, 2.45) is 32.5 Å². The summed E-state index contributed by atoms with van der Waals surface area (Å²) in [6.45, 7) is 39.9. The van der Waals surface area contributed by atoms with Crippen molar-refractivity contribution in [3.63, 3.8) is 0 Å². The second kappa shape index (κ2) is 24.9. The summed E-state index contributed by atoms with van der Waals surface area (Å²) in [6, 6.07) is 0. The van der Waals surface area contributed by atoms with E-state index in [1.54, 1.807) is 0 Å². The van der Waals surface area contributed by atoms with Crippen molar-refractivity contribution in [1.82, 2.24) is 0 Å². The smallest absolute Gasteiger partial charge is 0.0544 e. The van der Waals surface area contributed by atoms with Crippen molar-refractivity contribution < 1.29 is 23.7 Å². The summed E-state index contributed by atoms with van der Waals surface area (Å²) >= 11 is 0. The second-order valence-corrected chi connectivity index (χ2v) is 16.4. The van der Waals surface area contributed by atoms with Crippen LogP contribution >= 0.6 is 0 Å².